The van der Waals surface area contributed by atoms with Gasteiger partial charge >= 0.3 is 11.9 Å². The molecule has 1 aromatic carbocycles. The Kier molecular flexibility index (Phi) is 3.83. The molecule has 108 valence electrons. The maximum atomic E-state index is 11.7. The molecule has 1 aliphatic heterocycles. The summed E-state index contributed by atoms with van der Waals surface area (Å²) in [4.78, 5) is 23.4. The number of esters is 2. The van der Waals surface area contributed by atoms with Crippen LogP contribution < -0.4 is 9.47 Å². The van der Waals surface area contributed by atoms with Gasteiger partial charge in [0.05, 0.1) is 14.2 Å². The van der Waals surface area contributed by atoms with Gasteiger partial charge in [-0.15, -0.1) is 0 Å². The molecular formula is C14H16O6. The van der Waals surface area contributed by atoms with Crippen LogP contribution in [0.4, 0.5) is 0 Å². The minimum atomic E-state index is -1.18. The smallest absolute Gasteiger partial charge is 0.351 e. The van der Waals surface area contributed by atoms with Crippen LogP contribution >= 0.6 is 0 Å². The van der Waals surface area contributed by atoms with Crippen LogP contribution in [0.1, 0.15) is 11.1 Å². The first-order valence-corrected chi connectivity index (χ1v) is 6.08. The number of rotatable bonds is 2. The molecule has 2 rings (SSSR count). The molecule has 6 nitrogen and oxygen atoms in total. The zero-order valence-electron chi connectivity index (χ0n) is 11.8. The molecule has 0 radical (unpaired) electrons. The van der Waals surface area contributed by atoms with E-state index in [1.54, 1.807) is 12.1 Å². The maximum Gasteiger partial charge on any atom is 0.351 e. The second-order valence-electron chi connectivity index (χ2n) is 4.51. The van der Waals surface area contributed by atoms with E-state index in [1.807, 2.05) is 13.8 Å². The first-order valence-electron chi connectivity index (χ1n) is 6.08. The Morgan fingerprint density at radius 1 is 0.900 bits per heavy atom. The quantitative estimate of drug-likeness (QED) is 0.757. The van der Waals surface area contributed by atoms with Gasteiger partial charge in [-0.3, -0.25) is 0 Å². The number of fused-ring (bicyclic) bond motifs is 1. The lowest BCUT2D eigenvalue weighted by molar-refractivity contribution is -0.168. The van der Waals surface area contributed by atoms with Gasteiger partial charge in [-0.1, -0.05) is 0 Å². The van der Waals surface area contributed by atoms with Crippen LogP contribution in [-0.4, -0.2) is 38.4 Å². The van der Waals surface area contributed by atoms with E-state index < -0.39 is 24.1 Å². The van der Waals surface area contributed by atoms with E-state index >= 15 is 0 Å². The van der Waals surface area contributed by atoms with Gasteiger partial charge in [0, 0.05) is 0 Å². The van der Waals surface area contributed by atoms with E-state index in [4.69, 9.17) is 9.47 Å². The molecule has 0 aromatic heterocycles. The summed E-state index contributed by atoms with van der Waals surface area (Å²) < 4.78 is 20.4. The van der Waals surface area contributed by atoms with E-state index in [1.165, 1.54) is 14.2 Å². The van der Waals surface area contributed by atoms with Gasteiger partial charge in [-0.25, -0.2) is 9.59 Å². The summed E-state index contributed by atoms with van der Waals surface area (Å²) in [5.41, 5.74) is 1.99. The van der Waals surface area contributed by atoms with Gasteiger partial charge in [0.1, 0.15) is 0 Å². The lowest BCUT2D eigenvalue weighted by Gasteiger charge is -2.31. The van der Waals surface area contributed by atoms with Crippen LogP contribution in [0, 0.1) is 13.8 Å². The number of hydrogen-bond acceptors (Lipinski definition) is 6. The van der Waals surface area contributed by atoms with Crippen molar-refractivity contribution in [2.75, 3.05) is 14.2 Å². The topological polar surface area (TPSA) is 71.1 Å². The van der Waals surface area contributed by atoms with E-state index in [2.05, 4.69) is 9.47 Å². The van der Waals surface area contributed by atoms with Gasteiger partial charge in [0.2, 0.25) is 12.2 Å². The van der Waals surface area contributed by atoms with Crippen molar-refractivity contribution in [1.29, 1.82) is 0 Å². The number of methoxy groups -OCH3 is 2. The maximum absolute atomic E-state index is 11.7. The highest BCUT2D eigenvalue weighted by Gasteiger charge is 2.43. The zero-order valence-corrected chi connectivity index (χ0v) is 11.8. The largest absolute Gasteiger partial charge is 0.470 e. The molecule has 0 saturated heterocycles. The third kappa shape index (κ3) is 2.41. The molecule has 6 heteroatoms. The van der Waals surface area contributed by atoms with Crippen molar-refractivity contribution in [3.05, 3.63) is 23.3 Å². The lowest BCUT2D eigenvalue weighted by Crippen LogP contribution is -2.50. The molecule has 0 N–H and O–H groups in total. The summed E-state index contributed by atoms with van der Waals surface area (Å²) in [6, 6.07) is 3.52. The number of benzene rings is 1. The third-order valence-electron chi connectivity index (χ3n) is 3.21. The van der Waals surface area contributed by atoms with Crippen molar-refractivity contribution in [3.8, 4) is 11.5 Å². The Bertz CT molecular complexity index is 502. The monoisotopic (exact) mass is 280 g/mol. The molecule has 1 aliphatic rings. The Morgan fingerprint density at radius 2 is 1.25 bits per heavy atom. The SMILES string of the molecule is COC(=O)C1Oc2cc(C)c(C)cc2OC1C(=O)OC. The number of hydrogen-bond donors (Lipinski definition) is 0. The summed E-state index contributed by atoms with van der Waals surface area (Å²) in [6.45, 7) is 3.83. The Labute approximate surface area is 116 Å². The third-order valence-corrected chi connectivity index (χ3v) is 3.21. The average molecular weight is 280 g/mol. The summed E-state index contributed by atoms with van der Waals surface area (Å²) >= 11 is 0. The highest BCUT2D eigenvalue weighted by Crippen LogP contribution is 2.36. The molecule has 2 unspecified atom stereocenters. The number of carbonyl (C=O) groups excluding carboxylic acids is 2. The summed E-state index contributed by atoms with van der Waals surface area (Å²) in [5.74, 6) is -0.569. The molecule has 1 aromatic rings. The minimum absolute atomic E-state index is 0.406. The Morgan fingerprint density at radius 3 is 1.55 bits per heavy atom. The molecule has 0 aliphatic carbocycles. The molecule has 0 saturated carbocycles. The van der Waals surface area contributed by atoms with Crippen LogP contribution in [0.5, 0.6) is 11.5 Å². The second kappa shape index (κ2) is 5.40. The highest BCUT2D eigenvalue weighted by atomic mass is 16.6. The van der Waals surface area contributed by atoms with Crippen LogP contribution in [0.15, 0.2) is 12.1 Å². The van der Waals surface area contributed by atoms with Crippen molar-refractivity contribution in [1.82, 2.24) is 0 Å². The van der Waals surface area contributed by atoms with E-state index in [0.717, 1.165) is 11.1 Å². The van der Waals surface area contributed by atoms with Crippen LogP contribution in [0.2, 0.25) is 0 Å². The van der Waals surface area contributed by atoms with Crippen molar-refractivity contribution in [3.63, 3.8) is 0 Å². The van der Waals surface area contributed by atoms with Crippen LogP contribution in [0.25, 0.3) is 0 Å². The normalized spacial score (nSPS) is 20.2. The fourth-order valence-corrected chi connectivity index (χ4v) is 1.92. The molecule has 1 heterocycles. The average Bonchev–Trinajstić information content (AvgIpc) is 2.45. The molecule has 0 fully saturated rings. The summed E-state index contributed by atoms with van der Waals surface area (Å²) in [5, 5.41) is 0. The van der Waals surface area contributed by atoms with Gasteiger partial charge in [0.25, 0.3) is 0 Å². The molecule has 0 amide bonds. The standard InChI is InChI=1S/C14H16O6/c1-7-5-9-10(6-8(7)2)20-12(14(16)18-4)11(19-9)13(15)17-3/h5-6,11-12H,1-4H3. The minimum Gasteiger partial charge on any atom is -0.470 e. The van der Waals surface area contributed by atoms with Crippen molar-refractivity contribution >= 4 is 11.9 Å². The van der Waals surface area contributed by atoms with Crippen molar-refractivity contribution < 1.29 is 28.5 Å². The first-order chi connectivity index (χ1) is 9.47. The second-order valence-corrected chi connectivity index (χ2v) is 4.51. The predicted molar refractivity (Wildman–Crippen MR) is 68.8 cm³/mol. The van der Waals surface area contributed by atoms with Gasteiger partial charge in [-0.2, -0.15) is 0 Å². The molecule has 0 bridgehead atoms. The van der Waals surface area contributed by atoms with Crippen LogP contribution in [-0.2, 0) is 19.1 Å². The lowest BCUT2D eigenvalue weighted by atomic mass is 10.1. The fraction of sp³-hybridized carbons (Fsp3) is 0.429. The van der Waals surface area contributed by atoms with E-state index in [-0.39, 0.29) is 0 Å². The Hall–Kier alpha value is -2.24. The van der Waals surface area contributed by atoms with Gasteiger partial charge < -0.3 is 18.9 Å². The molecule has 2 atom stereocenters. The van der Waals surface area contributed by atoms with Gasteiger partial charge in [0.15, 0.2) is 11.5 Å². The van der Waals surface area contributed by atoms with Crippen molar-refractivity contribution in [2.24, 2.45) is 0 Å². The first kappa shape index (κ1) is 14.2. The predicted octanol–water partition coefficient (Wildman–Crippen LogP) is 1.16. The van der Waals surface area contributed by atoms with Gasteiger partial charge in [-0.05, 0) is 37.1 Å². The van der Waals surface area contributed by atoms with Crippen LogP contribution in [0.3, 0.4) is 0 Å². The summed E-state index contributed by atoms with van der Waals surface area (Å²) in [6.07, 6.45) is -2.36. The zero-order chi connectivity index (χ0) is 14.9. The fourth-order valence-electron chi connectivity index (χ4n) is 1.92. The highest BCUT2D eigenvalue weighted by molar-refractivity contribution is 5.87. The number of aryl methyl sites for hydroxylation is 2. The molecule has 0 spiro atoms. The molecule has 20 heavy (non-hydrogen) atoms. The summed E-state index contributed by atoms with van der Waals surface area (Å²) in [7, 11) is 2.44. The Balaban J connectivity index is 2.41. The molecular weight excluding hydrogens is 264 g/mol. The number of ether oxygens (including phenoxy) is 4. The number of carbonyl (C=O) groups is 2. The van der Waals surface area contributed by atoms with E-state index in [0.29, 0.717) is 11.5 Å². The van der Waals surface area contributed by atoms with Crippen molar-refractivity contribution in [2.45, 2.75) is 26.1 Å². The van der Waals surface area contributed by atoms with E-state index in [9.17, 15) is 9.59 Å².